The fraction of sp³-hybridized carbons (Fsp3) is 0.0137. The fourth-order valence-electron chi connectivity index (χ4n) is 10.5. The first-order chi connectivity index (χ1) is 36.7. The second-order valence-electron chi connectivity index (χ2n) is 18.8. The van der Waals surface area contributed by atoms with Gasteiger partial charge in [-0.2, -0.15) is 0 Å². The summed E-state index contributed by atoms with van der Waals surface area (Å²) in [6.07, 6.45) is 0. The van der Waals surface area contributed by atoms with Gasteiger partial charge in [0.1, 0.15) is 0 Å². The lowest BCUT2D eigenvalue weighted by Crippen LogP contribution is -2.09. The topological polar surface area (TPSA) is 3.24 Å². The third kappa shape index (κ3) is 9.63. The molecule has 1 heteroatoms. The summed E-state index contributed by atoms with van der Waals surface area (Å²) < 4.78 is 0. The minimum absolute atomic E-state index is 0.0827. The van der Waals surface area contributed by atoms with E-state index in [4.69, 9.17) is 0 Å². The van der Waals surface area contributed by atoms with E-state index in [1.165, 1.54) is 89.0 Å². The summed E-state index contributed by atoms with van der Waals surface area (Å²) in [7, 11) is 0. The molecule has 1 atom stereocenters. The van der Waals surface area contributed by atoms with E-state index in [0.29, 0.717) is 0 Å². The van der Waals surface area contributed by atoms with Gasteiger partial charge in [0.15, 0.2) is 0 Å². The first kappa shape index (κ1) is 45.6. The maximum absolute atomic E-state index is 2.33. The predicted molar refractivity (Wildman–Crippen MR) is 313 cm³/mol. The molecule has 0 N–H and O–H groups in total. The number of anilines is 3. The highest BCUT2D eigenvalue weighted by Gasteiger charge is 2.19. The Morgan fingerprint density at radius 1 is 0.162 bits per heavy atom. The molecule has 0 heterocycles. The maximum Gasteiger partial charge on any atom is 0.0462 e. The molecule has 12 aromatic rings. The number of hydrogen-bond acceptors (Lipinski definition) is 1. The van der Waals surface area contributed by atoms with Crippen LogP contribution >= 0.6 is 0 Å². The van der Waals surface area contributed by atoms with Gasteiger partial charge in [-0.05, 0) is 131 Å². The van der Waals surface area contributed by atoms with Gasteiger partial charge in [-0.1, -0.05) is 279 Å². The lowest BCUT2D eigenvalue weighted by Gasteiger charge is -2.26. The molecule has 0 aromatic heterocycles. The third-order valence-corrected chi connectivity index (χ3v) is 14.3. The molecule has 0 spiro atoms. The van der Waals surface area contributed by atoms with E-state index in [9.17, 15) is 0 Å². The molecule has 1 unspecified atom stereocenters. The van der Waals surface area contributed by atoms with Crippen LogP contribution < -0.4 is 4.90 Å². The van der Waals surface area contributed by atoms with Gasteiger partial charge in [0.05, 0.1) is 0 Å². The number of nitrogens with zero attached hydrogens (tertiary/aromatic N) is 1. The Hall–Kier alpha value is -9.56. The van der Waals surface area contributed by atoms with Crippen molar-refractivity contribution in [2.45, 2.75) is 5.92 Å². The van der Waals surface area contributed by atoms with Gasteiger partial charge < -0.3 is 4.90 Å². The van der Waals surface area contributed by atoms with Crippen molar-refractivity contribution in [3.05, 3.63) is 332 Å². The zero-order valence-electron chi connectivity index (χ0n) is 41.0. The SMILES string of the molecule is c1ccc(-c2ccc(-c3ccc(C(c4ccccc4)c4ccc(-c5ccccc5-c5ccccc5-c5ccc(N(c6ccccc6)c6ccc(-c7ccc(-c8ccccc8)cc7)cc6)cc5)cc4)cc3)cc2)cc1. The van der Waals surface area contributed by atoms with E-state index in [2.05, 4.69) is 320 Å². The van der Waals surface area contributed by atoms with Gasteiger partial charge in [0, 0.05) is 23.0 Å². The molecule has 0 aliphatic heterocycles. The summed E-state index contributed by atoms with van der Waals surface area (Å²) in [6, 6.07) is 114. The van der Waals surface area contributed by atoms with E-state index < -0.39 is 0 Å². The zero-order chi connectivity index (χ0) is 49.5. The number of rotatable bonds is 13. The van der Waals surface area contributed by atoms with Crippen LogP contribution in [0.5, 0.6) is 0 Å². The van der Waals surface area contributed by atoms with Crippen molar-refractivity contribution in [2.75, 3.05) is 4.90 Å². The molecule has 12 rings (SSSR count). The Morgan fingerprint density at radius 2 is 0.392 bits per heavy atom. The normalized spacial score (nSPS) is 11.5. The molecule has 0 aliphatic carbocycles. The van der Waals surface area contributed by atoms with Crippen molar-refractivity contribution in [1.29, 1.82) is 0 Å². The molecule has 12 aromatic carbocycles. The van der Waals surface area contributed by atoms with Crippen molar-refractivity contribution in [1.82, 2.24) is 0 Å². The molecule has 0 saturated carbocycles. The van der Waals surface area contributed by atoms with Gasteiger partial charge in [-0.15, -0.1) is 0 Å². The van der Waals surface area contributed by atoms with Gasteiger partial charge in [0.2, 0.25) is 0 Å². The Kier molecular flexibility index (Phi) is 13.0. The van der Waals surface area contributed by atoms with Crippen LogP contribution in [-0.2, 0) is 0 Å². The van der Waals surface area contributed by atoms with Crippen LogP contribution in [0.4, 0.5) is 17.1 Å². The smallest absolute Gasteiger partial charge is 0.0462 e. The second-order valence-corrected chi connectivity index (χ2v) is 18.8. The zero-order valence-corrected chi connectivity index (χ0v) is 41.0. The second kappa shape index (κ2) is 21.0. The Balaban J connectivity index is 0.813. The Bertz CT molecular complexity index is 3480. The van der Waals surface area contributed by atoms with Gasteiger partial charge in [-0.3, -0.25) is 0 Å². The molecule has 0 aliphatic rings. The molecular formula is C73H53N. The van der Waals surface area contributed by atoms with Crippen LogP contribution in [0.3, 0.4) is 0 Å². The quantitative estimate of drug-likeness (QED) is 0.104. The van der Waals surface area contributed by atoms with Gasteiger partial charge >= 0.3 is 0 Å². The lowest BCUT2D eigenvalue weighted by atomic mass is 9.83. The standard InChI is InChI=1S/C73H53N/c1-5-17-53(18-6-1)55-29-33-57(34-30-55)59-37-41-64(42-38-59)73(63-21-9-3-10-22-63)65-43-39-61(40-44-65)69-25-13-15-27-71(69)72-28-16-14-26-70(72)62-47-51-68(52-48-62)74(66-23-11-4-12-24-66)67-49-45-60(46-50-67)58-35-31-56(32-36-58)54-19-7-2-8-20-54/h1-52,73H. The first-order valence-electron chi connectivity index (χ1n) is 25.5. The number of para-hydroxylation sites is 1. The summed E-state index contributed by atoms with van der Waals surface area (Å²) in [4.78, 5) is 2.33. The third-order valence-electron chi connectivity index (χ3n) is 14.3. The summed E-state index contributed by atoms with van der Waals surface area (Å²) in [5, 5.41) is 0. The maximum atomic E-state index is 2.33. The summed E-state index contributed by atoms with van der Waals surface area (Å²) >= 11 is 0. The largest absolute Gasteiger partial charge is 0.311 e. The average Bonchev–Trinajstić information content (AvgIpc) is 3.49. The van der Waals surface area contributed by atoms with E-state index >= 15 is 0 Å². The van der Waals surface area contributed by atoms with E-state index in [1.54, 1.807) is 0 Å². The molecule has 74 heavy (non-hydrogen) atoms. The highest BCUT2D eigenvalue weighted by Crippen LogP contribution is 2.42. The highest BCUT2D eigenvalue weighted by atomic mass is 15.1. The van der Waals surface area contributed by atoms with Gasteiger partial charge in [0.25, 0.3) is 0 Å². The number of benzene rings is 12. The minimum Gasteiger partial charge on any atom is -0.311 e. The van der Waals surface area contributed by atoms with Gasteiger partial charge in [-0.25, -0.2) is 0 Å². The molecule has 350 valence electrons. The molecule has 0 radical (unpaired) electrons. The van der Waals surface area contributed by atoms with Crippen LogP contribution in [-0.4, -0.2) is 0 Å². The van der Waals surface area contributed by atoms with Crippen LogP contribution in [0.1, 0.15) is 22.6 Å². The molecule has 0 amide bonds. The van der Waals surface area contributed by atoms with E-state index in [-0.39, 0.29) is 5.92 Å². The van der Waals surface area contributed by atoms with Crippen LogP contribution in [0.2, 0.25) is 0 Å². The molecule has 0 fully saturated rings. The Morgan fingerprint density at radius 3 is 0.770 bits per heavy atom. The van der Waals surface area contributed by atoms with E-state index in [1.807, 2.05) is 0 Å². The van der Waals surface area contributed by atoms with Crippen LogP contribution in [0.25, 0.3) is 77.9 Å². The summed E-state index contributed by atoms with van der Waals surface area (Å²) in [5.41, 5.74) is 23.9. The Labute approximate surface area is 435 Å². The van der Waals surface area contributed by atoms with Crippen molar-refractivity contribution in [3.8, 4) is 77.9 Å². The van der Waals surface area contributed by atoms with Crippen molar-refractivity contribution < 1.29 is 0 Å². The summed E-state index contributed by atoms with van der Waals surface area (Å²) in [5.74, 6) is 0.0827. The molecular weight excluding hydrogens is 891 g/mol. The lowest BCUT2D eigenvalue weighted by molar-refractivity contribution is 0.978. The molecule has 0 saturated heterocycles. The predicted octanol–water partition coefficient (Wildman–Crippen LogP) is 20.0. The fourth-order valence-corrected chi connectivity index (χ4v) is 10.5. The van der Waals surface area contributed by atoms with Crippen molar-refractivity contribution in [2.24, 2.45) is 0 Å². The number of hydrogen-bond donors (Lipinski definition) is 0. The van der Waals surface area contributed by atoms with Crippen LogP contribution in [0, 0.1) is 0 Å². The average molecular weight is 944 g/mol. The highest BCUT2D eigenvalue weighted by molar-refractivity contribution is 5.92. The monoisotopic (exact) mass is 943 g/mol. The molecule has 0 bridgehead atoms. The van der Waals surface area contributed by atoms with Crippen molar-refractivity contribution >= 4 is 17.1 Å². The van der Waals surface area contributed by atoms with Crippen molar-refractivity contribution in [3.63, 3.8) is 0 Å². The van der Waals surface area contributed by atoms with E-state index in [0.717, 1.165) is 22.6 Å². The first-order valence-corrected chi connectivity index (χ1v) is 25.5. The minimum atomic E-state index is 0.0827. The summed E-state index contributed by atoms with van der Waals surface area (Å²) in [6.45, 7) is 0. The van der Waals surface area contributed by atoms with Crippen LogP contribution in [0.15, 0.2) is 315 Å². The molecule has 1 nitrogen and oxygen atoms in total.